The van der Waals surface area contributed by atoms with Gasteiger partial charge in [-0.05, 0) is 6.16 Å². The van der Waals surface area contributed by atoms with Crippen LogP contribution in [0.4, 0.5) is 0 Å². The van der Waals surface area contributed by atoms with Crippen LogP contribution in [-0.2, 0) is 4.79 Å². The molecule has 0 aliphatic carbocycles. The molecule has 0 saturated carbocycles. The van der Waals surface area contributed by atoms with E-state index in [1.165, 1.54) is 0 Å². The first kappa shape index (κ1) is 7.64. The van der Waals surface area contributed by atoms with E-state index in [0.29, 0.717) is 0 Å². The van der Waals surface area contributed by atoms with Crippen LogP contribution < -0.4 is 0 Å². The van der Waals surface area contributed by atoms with Gasteiger partial charge in [0.05, 0.1) is 6.42 Å². The van der Waals surface area contributed by atoms with Gasteiger partial charge in [0.1, 0.15) is 0 Å². The van der Waals surface area contributed by atoms with Crippen LogP contribution in [0.3, 0.4) is 0 Å². The summed E-state index contributed by atoms with van der Waals surface area (Å²) in [5.74, 6) is -0.778. The lowest BCUT2D eigenvalue weighted by Gasteiger charge is -1.80. The Morgan fingerprint density at radius 3 is 2.62 bits per heavy atom. The van der Waals surface area contributed by atoms with Crippen molar-refractivity contribution >= 4 is 15.2 Å². The van der Waals surface area contributed by atoms with Gasteiger partial charge in [0, 0.05) is 0 Å². The Hall–Kier alpha value is -0.360. The monoisotopic (exact) mass is 132 g/mol. The van der Waals surface area contributed by atoms with Gasteiger partial charge in [-0.15, -0.1) is 9.24 Å². The minimum absolute atomic E-state index is 0.133. The predicted molar refractivity (Wildman–Crippen MR) is 36.0 cm³/mol. The van der Waals surface area contributed by atoms with Crippen LogP contribution in [0.2, 0.25) is 0 Å². The SMILES string of the molecule is O=C(O)CC=CCP. The van der Waals surface area contributed by atoms with E-state index in [9.17, 15) is 4.79 Å². The zero-order valence-electron chi connectivity index (χ0n) is 4.50. The molecule has 46 valence electrons. The second-order valence-corrected chi connectivity index (χ2v) is 1.78. The first-order valence-electron chi connectivity index (χ1n) is 2.34. The Kier molecular flexibility index (Phi) is 4.58. The molecule has 0 fully saturated rings. The first-order valence-corrected chi connectivity index (χ1v) is 3.16. The number of carboxylic acids is 1. The van der Waals surface area contributed by atoms with Crippen molar-refractivity contribution in [3.05, 3.63) is 12.2 Å². The maximum Gasteiger partial charge on any atom is 0.307 e. The third kappa shape index (κ3) is 5.64. The Morgan fingerprint density at radius 1 is 1.62 bits per heavy atom. The molecule has 1 atom stereocenters. The maximum atomic E-state index is 9.82. The molecule has 0 aromatic carbocycles. The third-order valence-corrected chi connectivity index (χ3v) is 0.867. The second-order valence-electron chi connectivity index (χ2n) is 1.30. The molecule has 0 spiro atoms. The summed E-state index contributed by atoms with van der Waals surface area (Å²) in [6, 6.07) is 0. The lowest BCUT2D eigenvalue weighted by molar-refractivity contribution is -0.135. The molecule has 1 unspecified atom stereocenters. The molecule has 3 heteroatoms. The van der Waals surface area contributed by atoms with Crippen LogP contribution in [-0.4, -0.2) is 17.2 Å². The summed E-state index contributed by atoms with van der Waals surface area (Å²) in [6.07, 6.45) is 4.40. The fraction of sp³-hybridized carbons (Fsp3) is 0.400. The summed E-state index contributed by atoms with van der Waals surface area (Å²) in [7, 11) is 2.48. The summed E-state index contributed by atoms with van der Waals surface area (Å²) in [4.78, 5) is 9.82. The highest BCUT2D eigenvalue weighted by Crippen LogP contribution is 1.85. The molecular formula is C5H9O2P. The summed E-state index contributed by atoms with van der Waals surface area (Å²) in [5, 5.41) is 8.08. The van der Waals surface area contributed by atoms with Gasteiger partial charge in [0.25, 0.3) is 0 Å². The van der Waals surface area contributed by atoms with Crippen molar-refractivity contribution in [2.24, 2.45) is 0 Å². The minimum atomic E-state index is -0.778. The summed E-state index contributed by atoms with van der Waals surface area (Å²) in [6.45, 7) is 0. The van der Waals surface area contributed by atoms with E-state index < -0.39 is 5.97 Å². The molecule has 0 aromatic heterocycles. The zero-order valence-corrected chi connectivity index (χ0v) is 5.66. The molecule has 2 nitrogen and oxygen atoms in total. The lowest BCUT2D eigenvalue weighted by Crippen LogP contribution is -1.89. The van der Waals surface area contributed by atoms with Gasteiger partial charge in [-0.1, -0.05) is 12.2 Å². The normalized spacial score (nSPS) is 10.1. The van der Waals surface area contributed by atoms with E-state index in [-0.39, 0.29) is 6.42 Å². The number of rotatable bonds is 3. The molecule has 0 rings (SSSR count). The van der Waals surface area contributed by atoms with Gasteiger partial charge in [-0.2, -0.15) is 0 Å². The number of hydrogen-bond acceptors (Lipinski definition) is 1. The molecule has 0 aliphatic heterocycles. The van der Waals surface area contributed by atoms with Crippen molar-refractivity contribution in [3.63, 3.8) is 0 Å². The van der Waals surface area contributed by atoms with Gasteiger partial charge >= 0.3 is 5.97 Å². The lowest BCUT2D eigenvalue weighted by atomic mass is 10.4. The number of carbonyl (C=O) groups is 1. The van der Waals surface area contributed by atoms with Crippen LogP contribution in [0.15, 0.2) is 12.2 Å². The average Bonchev–Trinajstić information content (AvgIpc) is 1.66. The number of hydrogen-bond donors (Lipinski definition) is 1. The van der Waals surface area contributed by atoms with Crippen molar-refractivity contribution < 1.29 is 9.90 Å². The summed E-state index contributed by atoms with van der Waals surface area (Å²) >= 11 is 0. The second kappa shape index (κ2) is 4.79. The van der Waals surface area contributed by atoms with E-state index in [2.05, 4.69) is 9.24 Å². The van der Waals surface area contributed by atoms with Crippen molar-refractivity contribution in [2.75, 3.05) is 6.16 Å². The molecule has 1 N–H and O–H groups in total. The van der Waals surface area contributed by atoms with Gasteiger partial charge in [-0.3, -0.25) is 4.79 Å². The van der Waals surface area contributed by atoms with E-state index in [0.717, 1.165) is 6.16 Å². The number of allylic oxidation sites excluding steroid dienone is 1. The Labute approximate surface area is 50.8 Å². The predicted octanol–water partition coefficient (Wildman–Crippen LogP) is 0.892. The standard InChI is InChI=1S/C5H9O2P/c6-5(7)3-1-2-4-8/h1-2H,3-4,8H2,(H,6,7). The van der Waals surface area contributed by atoms with Gasteiger partial charge in [0.2, 0.25) is 0 Å². The fourth-order valence-electron chi connectivity index (χ4n) is 0.280. The molecule has 0 bridgehead atoms. The van der Waals surface area contributed by atoms with Crippen LogP contribution in [0.5, 0.6) is 0 Å². The van der Waals surface area contributed by atoms with E-state index in [1.807, 2.05) is 0 Å². The molecule has 0 aliphatic rings. The van der Waals surface area contributed by atoms with Crippen LogP contribution >= 0.6 is 9.24 Å². The highest BCUT2D eigenvalue weighted by atomic mass is 31.0. The highest BCUT2D eigenvalue weighted by molar-refractivity contribution is 7.16. The first-order chi connectivity index (χ1) is 3.77. The zero-order chi connectivity index (χ0) is 6.41. The quantitative estimate of drug-likeness (QED) is 0.457. The molecular weight excluding hydrogens is 123 g/mol. The highest BCUT2D eigenvalue weighted by Gasteiger charge is 1.86. The molecule has 0 aromatic rings. The van der Waals surface area contributed by atoms with E-state index in [1.54, 1.807) is 12.2 Å². The number of carboxylic acid groups (broad SMARTS) is 1. The molecule has 8 heavy (non-hydrogen) atoms. The van der Waals surface area contributed by atoms with Gasteiger partial charge in [0.15, 0.2) is 0 Å². The van der Waals surface area contributed by atoms with E-state index in [4.69, 9.17) is 5.11 Å². The molecule has 0 amide bonds. The van der Waals surface area contributed by atoms with Crippen LogP contribution in [0.1, 0.15) is 6.42 Å². The van der Waals surface area contributed by atoms with E-state index >= 15 is 0 Å². The third-order valence-electron chi connectivity index (χ3n) is 0.595. The fourth-order valence-corrected chi connectivity index (χ4v) is 0.473. The molecule has 0 saturated heterocycles. The summed E-state index contributed by atoms with van der Waals surface area (Å²) in [5.41, 5.74) is 0. The topological polar surface area (TPSA) is 37.3 Å². The molecule has 0 radical (unpaired) electrons. The largest absolute Gasteiger partial charge is 0.481 e. The van der Waals surface area contributed by atoms with Crippen LogP contribution in [0.25, 0.3) is 0 Å². The maximum absolute atomic E-state index is 9.82. The van der Waals surface area contributed by atoms with Crippen LogP contribution in [0, 0.1) is 0 Å². The Bertz CT molecular complexity index is 98.6. The van der Waals surface area contributed by atoms with Gasteiger partial charge in [-0.25, -0.2) is 0 Å². The smallest absolute Gasteiger partial charge is 0.307 e. The van der Waals surface area contributed by atoms with Crippen molar-refractivity contribution in [1.82, 2.24) is 0 Å². The minimum Gasteiger partial charge on any atom is -0.481 e. The van der Waals surface area contributed by atoms with Crippen molar-refractivity contribution in [2.45, 2.75) is 6.42 Å². The van der Waals surface area contributed by atoms with Gasteiger partial charge < -0.3 is 5.11 Å². The average molecular weight is 132 g/mol. The number of aliphatic carboxylic acids is 1. The van der Waals surface area contributed by atoms with Crippen molar-refractivity contribution in [1.29, 1.82) is 0 Å². The summed E-state index contributed by atoms with van der Waals surface area (Å²) < 4.78 is 0. The Balaban J connectivity index is 3.16. The van der Waals surface area contributed by atoms with Crippen molar-refractivity contribution in [3.8, 4) is 0 Å². The molecule has 0 heterocycles. The Morgan fingerprint density at radius 2 is 2.25 bits per heavy atom.